The number of methoxy groups -OCH3 is 1. The summed E-state index contributed by atoms with van der Waals surface area (Å²) in [6, 6.07) is 19.4. The fraction of sp³-hybridized carbons (Fsp3) is 0.227. The van der Waals surface area contributed by atoms with Crippen molar-refractivity contribution in [3.8, 4) is 5.75 Å². The number of carbonyl (C=O) groups is 1. The summed E-state index contributed by atoms with van der Waals surface area (Å²) in [6.07, 6.45) is 1.15. The molecule has 0 aliphatic carbocycles. The molecule has 0 spiro atoms. The Morgan fingerprint density at radius 1 is 0.964 bits per heavy atom. The van der Waals surface area contributed by atoms with Crippen LogP contribution in [0.4, 0.5) is 11.6 Å². The number of nitrogens with zero attached hydrogens (tertiary/aromatic N) is 2. The lowest BCUT2D eigenvalue weighted by Crippen LogP contribution is -2.16. The number of aryl methyl sites for hydroxylation is 1. The Hall–Kier alpha value is -3.41. The predicted octanol–water partition coefficient (Wildman–Crippen LogP) is 3.63. The van der Waals surface area contributed by atoms with Crippen LogP contribution in [0.25, 0.3) is 0 Å². The van der Waals surface area contributed by atoms with Gasteiger partial charge in [0.25, 0.3) is 0 Å². The molecule has 28 heavy (non-hydrogen) atoms. The normalized spacial score (nSPS) is 10.4. The van der Waals surface area contributed by atoms with Gasteiger partial charge in [0, 0.05) is 6.54 Å². The molecule has 3 rings (SSSR count). The summed E-state index contributed by atoms with van der Waals surface area (Å²) in [7, 11) is 1.66. The molecule has 0 saturated carbocycles. The number of anilines is 2. The van der Waals surface area contributed by atoms with E-state index in [9.17, 15) is 4.79 Å². The van der Waals surface area contributed by atoms with Crippen molar-refractivity contribution in [2.45, 2.75) is 19.8 Å². The number of hydrogen-bond acceptors (Lipinski definition) is 5. The summed E-state index contributed by atoms with van der Waals surface area (Å²) < 4.78 is 5.23. The van der Waals surface area contributed by atoms with Crippen molar-refractivity contribution in [1.29, 1.82) is 0 Å². The van der Waals surface area contributed by atoms with Gasteiger partial charge in [0.15, 0.2) is 5.82 Å². The van der Waals surface area contributed by atoms with E-state index < -0.39 is 0 Å². The summed E-state index contributed by atoms with van der Waals surface area (Å²) >= 11 is 0. The first-order chi connectivity index (χ1) is 13.6. The Labute approximate surface area is 165 Å². The minimum atomic E-state index is -0.114. The van der Waals surface area contributed by atoms with Gasteiger partial charge in [-0.2, -0.15) is 0 Å². The molecule has 1 amide bonds. The van der Waals surface area contributed by atoms with Gasteiger partial charge in [-0.3, -0.25) is 4.79 Å². The van der Waals surface area contributed by atoms with Crippen molar-refractivity contribution in [2.24, 2.45) is 0 Å². The van der Waals surface area contributed by atoms with Crippen LogP contribution in [0.2, 0.25) is 0 Å². The molecule has 0 aliphatic heterocycles. The third-order valence-electron chi connectivity index (χ3n) is 4.27. The molecule has 3 aromatic rings. The van der Waals surface area contributed by atoms with Gasteiger partial charge in [0.2, 0.25) is 5.91 Å². The number of hydrogen-bond donors (Lipinski definition) is 2. The van der Waals surface area contributed by atoms with E-state index in [0.29, 0.717) is 18.1 Å². The van der Waals surface area contributed by atoms with Crippen LogP contribution >= 0.6 is 0 Å². The maximum Gasteiger partial charge on any atom is 0.229 e. The highest BCUT2D eigenvalue weighted by Crippen LogP contribution is 2.13. The van der Waals surface area contributed by atoms with E-state index in [4.69, 9.17) is 4.74 Å². The third-order valence-corrected chi connectivity index (χ3v) is 4.27. The van der Waals surface area contributed by atoms with Crippen LogP contribution in [0.1, 0.15) is 16.7 Å². The standard InChI is InChI=1S/C22H24N4O2/c1-16-6-8-18(9-7-16)15-22(27)24-21-11-10-20(25-26-21)23-13-12-17-4-3-5-19(14-17)28-2/h3-11,14H,12-13,15H2,1-2H3,(H,23,25)(H,24,26,27). The van der Waals surface area contributed by atoms with Crippen LogP contribution in [-0.2, 0) is 17.6 Å². The van der Waals surface area contributed by atoms with E-state index in [0.717, 1.165) is 24.3 Å². The maximum atomic E-state index is 12.1. The molecule has 6 nitrogen and oxygen atoms in total. The van der Waals surface area contributed by atoms with Gasteiger partial charge in [-0.05, 0) is 48.7 Å². The van der Waals surface area contributed by atoms with E-state index in [2.05, 4.69) is 26.9 Å². The van der Waals surface area contributed by atoms with Crippen LogP contribution < -0.4 is 15.4 Å². The van der Waals surface area contributed by atoms with Crippen LogP contribution in [-0.4, -0.2) is 29.8 Å². The minimum Gasteiger partial charge on any atom is -0.497 e. The fourth-order valence-corrected chi connectivity index (χ4v) is 2.73. The van der Waals surface area contributed by atoms with Crippen LogP contribution in [0.3, 0.4) is 0 Å². The van der Waals surface area contributed by atoms with Gasteiger partial charge in [0.05, 0.1) is 13.5 Å². The quantitative estimate of drug-likeness (QED) is 0.628. The van der Waals surface area contributed by atoms with Gasteiger partial charge in [-0.25, -0.2) is 0 Å². The second kappa shape index (κ2) is 9.50. The number of ether oxygens (including phenoxy) is 1. The summed E-state index contributed by atoms with van der Waals surface area (Å²) in [5.74, 6) is 1.84. The topological polar surface area (TPSA) is 76.1 Å². The first kappa shape index (κ1) is 19.4. The molecule has 144 valence electrons. The number of carbonyl (C=O) groups excluding carboxylic acids is 1. The molecule has 1 aromatic heterocycles. The average Bonchev–Trinajstić information content (AvgIpc) is 2.71. The van der Waals surface area contributed by atoms with Gasteiger partial charge in [0.1, 0.15) is 11.6 Å². The van der Waals surface area contributed by atoms with Crippen molar-refractivity contribution in [3.05, 3.63) is 77.4 Å². The monoisotopic (exact) mass is 376 g/mol. The summed E-state index contributed by atoms with van der Waals surface area (Å²) in [5, 5.41) is 14.2. The smallest absolute Gasteiger partial charge is 0.229 e. The Kier molecular flexibility index (Phi) is 6.57. The first-order valence-electron chi connectivity index (χ1n) is 9.18. The van der Waals surface area contributed by atoms with Crippen molar-refractivity contribution in [2.75, 3.05) is 24.3 Å². The molecular weight excluding hydrogens is 352 g/mol. The molecule has 0 aliphatic rings. The highest BCUT2D eigenvalue weighted by Gasteiger charge is 2.06. The van der Waals surface area contributed by atoms with Gasteiger partial charge >= 0.3 is 0 Å². The fourth-order valence-electron chi connectivity index (χ4n) is 2.73. The van der Waals surface area contributed by atoms with Crippen LogP contribution in [0.5, 0.6) is 5.75 Å². The lowest BCUT2D eigenvalue weighted by atomic mass is 10.1. The van der Waals surface area contributed by atoms with Gasteiger partial charge in [-0.15, -0.1) is 10.2 Å². The molecule has 0 bridgehead atoms. The number of nitrogens with one attached hydrogen (secondary N) is 2. The minimum absolute atomic E-state index is 0.114. The van der Waals surface area contributed by atoms with E-state index in [1.807, 2.05) is 49.4 Å². The summed E-state index contributed by atoms with van der Waals surface area (Å²) in [6.45, 7) is 2.74. The lowest BCUT2D eigenvalue weighted by Gasteiger charge is -2.08. The van der Waals surface area contributed by atoms with Gasteiger partial charge < -0.3 is 15.4 Å². The number of rotatable bonds is 8. The Morgan fingerprint density at radius 3 is 2.43 bits per heavy atom. The molecule has 0 unspecified atom stereocenters. The molecule has 0 atom stereocenters. The Balaban J connectivity index is 1.46. The van der Waals surface area contributed by atoms with Crippen molar-refractivity contribution in [1.82, 2.24) is 10.2 Å². The average molecular weight is 376 g/mol. The van der Waals surface area contributed by atoms with Crippen molar-refractivity contribution in [3.63, 3.8) is 0 Å². The predicted molar refractivity (Wildman–Crippen MR) is 111 cm³/mol. The highest BCUT2D eigenvalue weighted by molar-refractivity contribution is 5.91. The van der Waals surface area contributed by atoms with E-state index in [1.54, 1.807) is 19.2 Å². The zero-order valence-electron chi connectivity index (χ0n) is 16.1. The molecule has 1 heterocycles. The lowest BCUT2D eigenvalue weighted by molar-refractivity contribution is -0.115. The number of benzene rings is 2. The highest BCUT2D eigenvalue weighted by atomic mass is 16.5. The second-order valence-electron chi connectivity index (χ2n) is 6.54. The third kappa shape index (κ3) is 5.81. The molecule has 6 heteroatoms. The molecule has 0 radical (unpaired) electrons. The van der Waals surface area contributed by atoms with E-state index in [-0.39, 0.29) is 5.91 Å². The zero-order chi connectivity index (χ0) is 19.8. The number of amides is 1. The van der Waals surface area contributed by atoms with Crippen molar-refractivity contribution < 1.29 is 9.53 Å². The molecular formula is C22H24N4O2. The molecule has 0 fully saturated rings. The van der Waals surface area contributed by atoms with E-state index in [1.165, 1.54) is 11.1 Å². The SMILES string of the molecule is COc1cccc(CCNc2ccc(NC(=O)Cc3ccc(C)cc3)nn2)c1. The molecule has 2 aromatic carbocycles. The molecule has 0 saturated heterocycles. The van der Waals surface area contributed by atoms with Crippen LogP contribution in [0.15, 0.2) is 60.7 Å². The summed E-state index contributed by atoms with van der Waals surface area (Å²) in [4.78, 5) is 12.1. The first-order valence-corrected chi connectivity index (χ1v) is 9.18. The zero-order valence-corrected chi connectivity index (χ0v) is 16.1. The second-order valence-corrected chi connectivity index (χ2v) is 6.54. The Morgan fingerprint density at radius 2 is 1.71 bits per heavy atom. The van der Waals surface area contributed by atoms with E-state index >= 15 is 0 Å². The largest absolute Gasteiger partial charge is 0.497 e. The molecule has 2 N–H and O–H groups in total. The van der Waals surface area contributed by atoms with Crippen LogP contribution in [0, 0.1) is 6.92 Å². The summed E-state index contributed by atoms with van der Waals surface area (Å²) in [5.41, 5.74) is 3.32. The maximum absolute atomic E-state index is 12.1. The van der Waals surface area contributed by atoms with Gasteiger partial charge in [-0.1, -0.05) is 42.0 Å². The Bertz CT molecular complexity index is 909. The van der Waals surface area contributed by atoms with Crippen molar-refractivity contribution >= 4 is 17.5 Å². The number of aromatic nitrogens is 2.